The molecule has 1 N–H and O–H groups in total. The molecule has 0 radical (unpaired) electrons. The first-order chi connectivity index (χ1) is 11.5. The number of pyridine rings is 1. The molecule has 5 nitrogen and oxygen atoms in total. The van der Waals surface area contributed by atoms with Crippen molar-refractivity contribution in [3.05, 3.63) is 56.9 Å². The smallest absolute Gasteiger partial charge is 0.251 e. The minimum Gasteiger partial charge on any atom is -0.372 e. The number of carbonyl (C=O) groups excluding carboxylic acids is 1. The van der Waals surface area contributed by atoms with Crippen molar-refractivity contribution in [2.45, 2.75) is 26.3 Å². The molecule has 1 saturated heterocycles. The zero-order valence-electron chi connectivity index (χ0n) is 13.6. The predicted molar refractivity (Wildman–Crippen MR) is 99.7 cm³/mol. The van der Waals surface area contributed by atoms with E-state index < -0.39 is 0 Å². The topological polar surface area (TPSA) is 54.3 Å². The monoisotopic (exact) mass is 389 g/mol. The van der Waals surface area contributed by atoms with Crippen molar-refractivity contribution in [2.75, 3.05) is 23.3 Å². The molecule has 0 bridgehead atoms. The van der Waals surface area contributed by atoms with Crippen molar-refractivity contribution < 1.29 is 4.79 Å². The molecule has 0 spiro atoms. The van der Waals surface area contributed by atoms with Crippen LogP contribution in [0.5, 0.6) is 0 Å². The summed E-state index contributed by atoms with van der Waals surface area (Å²) < 4.78 is 2.15. The van der Waals surface area contributed by atoms with Gasteiger partial charge in [-0.05, 0) is 65.5 Å². The van der Waals surface area contributed by atoms with E-state index in [4.69, 9.17) is 0 Å². The number of hydrogen-bond donors (Lipinski definition) is 1. The number of rotatable bonds is 4. The Morgan fingerprint density at radius 2 is 1.96 bits per heavy atom. The molecule has 2 heterocycles. The number of carbonyl (C=O) groups is 1. The summed E-state index contributed by atoms with van der Waals surface area (Å²) >= 11 is 3.31. The lowest BCUT2D eigenvalue weighted by Crippen LogP contribution is -2.27. The number of anilines is 2. The van der Waals surface area contributed by atoms with Crippen LogP contribution in [0.4, 0.5) is 11.4 Å². The zero-order valence-corrected chi connectivity index (χ0v) is 15.2. The summed E-state index contributed by atoms with van der Waals surface area (Å²) in [6.45, 7) is 4.17. The Morgan fingerprint density at radius 3 is 2.67 bits per heavy atom. The molecular weight excluding hydrogens is 370 g/mol. The number of hydrogen-bond acceptors (Lipinski definition) is 3. The van der Waals surface area contributed by atoms with Crippen molar-refractivity contribution >= 4 is 33.2 Å². The first-order valence-corrected chi connectivity index (χ1v) is 8.84. The number of nitrogens with one attached hydrogen (secondary N) is 1. The minimum atomic E-state index is -0.216. The van der Waals surface area contributed by atoms with Gasteiger partial charge in [-0.2, -0.15) is 0 Å². The van der Waals surface area contributed by atoms with Crippen LogP contribution in [0, 0.1) is 6.92 Å². The van der Waals surface area contributed by atoms with E-state index in [0.29, 0.717) is 0 Å². The molecule has 2 aromatic rings. The van der Waals surface area contributed by atoms with Crippen LogP contribution in [0.2, 0.25) is 0 Å². The Balaban J connectivity index is 1.70. The third-order valence-corrected chi connectivity index (χ3v) is 4.69. The van der Waals surface area contributed by atoms with Gasteiger partial charge in [0.25, 0.3) is 5.56 Å². The Bertz CT molecular complexity index is 810. The quantitative estimate of drug-likeness (QED) is 0.873. The first-order valence-electron chi connectivity index (χ1n) is 8.04. The molecule has 1 aliphatic heterocycles. The third kappa shape index (κ3) is 3.87. The maximum absolute atomic E-state index is 12.2. The summed E-state index contributed by atoms with van der Waals surface area (Å²) in [7, 11) is 0. The molecule has 126 valence electrons. The van der Waals surface area contributed by atoms with Crippen LogP contribution < -0.4 is 15.8 Å². The fourth-order valence-corrected chi connectivity index (χ4v) is 3.31. The van der Waals surface area contributed by atoms with Crippen molar-refractivity contribution in [1.82, 2.24) is 4.57 Å². The van der Waals surface area contributed by atoms with Crippen LogP contribution in [-0.2, 0) is 11.3 Å². The fourth-order valence-electron chi connectivity index (χ4n) is 2.93. The highest BCUT2D eigenvalue weighted by Gasteiger charge is 2.14. The summed E-state index contributed by atoms with van der Waals surface area (Å²) in [6, 6.07) is 9.18. The van der Waals surface area contributed by atoms with Crippen LogP contribution in [0.3, 0.4) is 0 Å². The van der Waals surface area contributed by atoms with Gasteiger partial charge < -0.3 is 14.8 Å². The molecule has 6 heteroatoms. The lowest BCUT2D eigenvalue weighted by atomic mass is 10.1. The van der Waals surface area contributed by atoms with E-state index in [-0.39, 0.29) is 18.0 Å². The van der Waals surface area contributed by atoms with Gasteiger partial charge in [-0.15, -0.1) is 0 Å². The molecule has 1 aromatic carbocycles. The highest BCUT2D eigenvalue weighted by Crippen LogP contribution is 2.25. The summed E-state index contributed by atoms with van der Waals surface area (Å²) in [5.74, 6) is -0.216. The average Bonchev–Trinajstić information content (AvgIpc) is 3.07. The highest BCUT2D eigenvalue weighted by atomic mass is 79.9. The van der Waals surface area contributed by atoms with Crippen molar-refractivity contribution in [2.24, 2.45) is 0 Å². The van der Waals surface area contributed by atoms with Gasteiger partial charge in [0.1, 0.15) is 6.54 Å². The van der Waals surface area contributed by atoms with Crippen LogP contribution in [-0.4, -0.2) is 23.6 Å². The van der Waals surface area contributed by atoms with E-state index in [0.717, 1.165) is 28.8 Å². The van der Waals surface area contributed by atoms with Gasteiger partial charge in [0.2, 0.25) is 5.91 Å². The van der Waals surface area contributed by atoms with Crippen LogP contribution in [0.15, 0.2) is 45.8 Å². The lowest BCUT2D eigenvalue weighted by molar-refractivity contribution is -0.116. The standard InChI is InChI=1S/C18H20BrN3O2/c1-13-10-15(21-8-2-3-9-21)5-6-16(13)20-17(23)12-22-11-14(19)4-7-18(22)24/h4-7,10-11H,2-3,8-9,12H2,1H3,(H,20,23). The van der Waals surface area contributed by atoms with Gasteiger partial charge in [-0.3, -0.25) is 9.59 Å². The Hall–Kier alpha value is -2.08. The molecule has 0 atom stereocenters. The van der Waals surface area contributed by atoms with Crippen LogP contribution in [0.1, 0.15) is 18.4 Å². The second-order valence-electron chi connectivity index (χ2n) is 6.06. The maximum Gasteiger partial charge on any atom is 0.251 e. The first kappa shape index (κ1) is 16.8. The number of aromatic nitrogens is 1. The summed E-state index contributed by atoms with van der Waals surface area (Å²) in [6.07, 6.45) is 4.09. The molecule has 0 unspecified atom stereocenters. The Labute approximate surface area is 149 Å². The van der Waals surface area contributed by atoms with Gasteiger partial charge in [0.05, 0.1) is 0 Å². The average molecular weight is 390 g/mol. The number of aryl methyl sites for hydroxylation is 1. The van der Waals surface area contributed by atoms with E-state index in [2.05, 4.69) is 32.2 Å². The van der Waals surface area contributed by atoms with Gasteiger partial charge in [0, 0.05) is 41.2 Å². The van der Waals surface area contributed by atoms with Crippen molar-refractivity contribution in [3.63, 3.8) is 0 Å². The van der Waals surface area contributed by atoms with Crippen LogP contribution in [0.25, 0.3) is 0 Å². The van der Waals surface area contributed by atoms with E-state index in [9.17, 15) is 9.59 Å². The SMILES string of the molecule is Cc1cc(N2CCCC2)ccc1NC(=O)Cn1cc(Br)ccc1=O. The molecule has 1 fully saturated rings. The van der Waals surface area contributed by atoms with Gasteiger partial charge in [-0.25, -0.2) is 0 Å². The zero-order chi connectivity index (χ0) is 17.1. The van der Waals surface area contributed by atoms with Crippen molar-refractivity contribution in [1.29, 1.82) is 0 Å². The molecule has 3 rings (SSSR count). The molecule has 24 heavy (non-hydrogen) atoms. The number of halogens is 1. The highest BCUT2D eigenvalue weighted by molar-refractivity contribution is 9.10. The summed E-state index contributed by atoms with van der Waals surface area (Å²) in [4.78, 5) is 26.4. The molecule has 1 amide bonds. The normalized spacial score (nSPS) is 14.0. The van der Waals surface area contributed by atoms with Crippen molar-refractivity contribution in [3.8, 4) is 0 Å². The largest absolute Gasteiger partial charge is 0.372 e. The lowest BCUT2D eigenvalue weighted by Gasteiger charge is -2.19. The van der Waals surface area contributed by atoms with E-state index in [1.807, 2.05) is 19.1 Å². The fraction of sp³-hybridized carbons (Fsp3) is 0.333. The third-order valence-electron chi connectivity index (χ3n) is 4.22. The van der Waals surface area contributed by atoms with E-state index >= 15 is 0 Å². The van der Waals surface area contributed by atoms with Gasteiger partial charge in [-0.1, -0.05) is 0 Å². The summed E-state index contributed by atoms with van der Waals surface area (Å²) in [5.41, 5.74) is 2.81. The Morgan fingerprint density at radius 1 is 1.21 bits per heavy atom. The van der Waals surface area contributed by atoms with Gasteiger partial charge >= 0.3 is 0 Å². The number of amides is 1. The Kier molecular flexibility index (Phi) is 5.04. The van der Waals surface area contributed by atoms with Crippen LogP contribution >= 0.6 is 15.9 Å². The molecule has 1 aliphatic rings. The van der Waals surface area contributed by atoms with E-state index in [1.54, 1.807) is 12.3 Å². The minimum absolute atomic E-state index is 0.00834. The molecular formula is C18H20BrN3O2. The number of nitrogens with zero attached hydrogens (tertiary/aromatic N) is 2. The molecule has 0 aliphatic carbocycles. The number of benzene rings is 1. The predicted octanol–water partition coefficient (Wildman–Crippen LogP) is 3.16. The molecule has 1 aromatic heterocycles. The second kappa shape index (κ2) is 7.21. The molecule has 0 saturated carbocycles. The van der Waals surface area contributed by atoms with Gasteiger partial charge in [0.15, 0.2) is 0 Å². The maximum atomic E-state index is 12.2. The van der Waals surface area contributed by atoms with E-state index in [1.165, 1.54) is 29.2 Å². The summed E-state index contributed by atoms with van der Waals surface area (Å²) in [5, 5.41) is 2.89. The second-order valence-corrected chi connectivity index (χ2v) is 6.97.